The maximum Gasteiger partial charge on any atom is 0.0731 e. The third kappa shape index (κ3) is 2.31. The zero-order valence-electron chi connectivity index (χ0n) is 11.8. The molecule has 1 aliphatic heterocycles. The Morgan fingerprint density at radius 2 is 1.73 bits per heavy atom. The van der Waals surface area contributed by atoms with Gasteiger partial charge in [-0.25, -0.2) is 0 Å². The summed E-state index contributed by atoms with van der Waals surface area (Å²) in [5.41, 5.74) is 6.04. The molecule has 0 bridgehead atoms. The molecule has 0 unspecified atom stereocenters. The van der Waals surface area contributed by atoms with Crippen molar-refractivity contribution in [2.45, 2.75) is 0 Å². The second kappa shape index (κ2) is 5.33. The van der Waals surface area contributed by atoms with Crippen molar-refractivity contribution in [3.05, 3.63) is 71.8 Å². The number of nitrogens with one attached hydrogen (secondary N) is 2. The number of hydrogen-bond donors (Lipinski definition) is 2. The molecular weight excluding hydrogens is 272 g/mol. The van der Waals surface area contributed by atoms with E-state index in [-0.39, 0.29) is 0 Å². The lowest BCUT2D eigenvalue weighted by molar-refractivity contribution is 1.37. The summed E-state index contributed by atoms with van der Waals surface area (Å²) in [4.78, 5) is 15.4. The summed E-state index contributed by atoms with van der Waals surface area (Å²) in [6, 6.07) is 14.0. The van der Waals surface area contributed by atoms with Crippen molar-refractivity contribution < 1.29 is 0 Å². The highest BCUT2D eigenvalue weighted by atomic mass is 14.8. The van der Waals surface area contributed by atoms with E-state index in [1.165, 1.54) is 0 Å². The van der Waals surface area contributed by atoms with E-state index in [0.717, 1.165) is 33.9 Å². The standard InChI is InChI=1S/C18H14N4/c1-6-16-18(13(11-21-16)10-14-4-2-8-19-14)17(7-1)22-12-15-5-3-9-20-15/h1-12,19-20H. The van der Waals surface area contributed by atoms with Gasteiger partial charge >= 0.3 is 0 Å². The number of H-pyrrole nitrogens is 2. The van der Waals surface area contributed by atoms with Crippen LogP contribution in [-0.4, -0.2) is 22.4 Å². The number of fused-ring (bicyclic) bond motifs is 1. The molecule has 4 rings (SSSR count). The summed E-state index contributed by atoms with van der Waals surface area (Å²) < 4.78 is 0. The Bertz CT molecular complexity index is 866. The topological polar surface area (TPSA) is 56.3 Å². The highest BCUT2D eigenvalue weighted by molar-refractivity contribution is 6.23. The van der Waals surface area contributed by atoms with Crippen LogP contribution in [0, 0.1) is 0 Å². The largest absolute Gasteiger partial charge is 0.362 e. The van der Waals surface area contributed by atoms with E-state index in [1.54, 1.807) is 0 Å². The average molecular weight is 286 g/mol. The molecule has 2 N–H and O–H groups in total. The van der Waals surface area contributed by atoms with E-state index < -0.39 is 0 Å². The number of aromatic nitrogens is 2. The monoisotopic (exact) mass is 286 g/mol. The molecule has 3 heterocycles. The normalized spacial score (nSPS) is 15.0. The van der Waals surface area contributed by atoms with Crippen molar-refractivity contribution in [1.29, 1.82) is 0 Å². The van der Waals surface area contributed by atoms with Gasteiger partial charge in [0, 0.05) is 35.4 Å². The molecule has 22 heavy (non-hydrogen) atoms. The second-order valence-electron chi connectivity index (χ2n) is 5.04. The Morgan fingerprint density at radius 1 is 0.909 bits per heavy atom. The minimum absolute atomic E-state index is 0.919. The Labute approximate surface area is 128 Å². The van der Waals surface area contributed by atoms with Crippen molar-refractivity contribution >= 4 is 35.5 Å². The van der Waals surface area contributed by atoms with Gasteiger partial charge in [0.25, 0.3) is 0 Å². The van der Waals surface area contributed by atoms with Gasteiger partial charge in [0.05, 0.1) is 23.3 Å². The zero-order chi connectivity index (χ0) is 14.8. The van der Waals surface area contributed by atoms with Gasteiger partial charge in [-0.3, -0.25) is 9.98 Å². The second-order valence-corrected chi connectivity index (χ2v) is 5.04. The summed E-state index contributed by atoms with van der Waals surface area (Å²) in [7, 11) is 0. The number of aliphatic imine (C=N–C) groups is 2. The maximum absolute atomic E-state index is 4.61. The van der Waals surface area contributed by atoms with Crippen LogP contribution >= 0.6 is 0 Å². The number of rotatable bonds is 3. The Hall–Kier alpha value is -3.14. The lowest BCUT2D eigenvalue weighted by atomic mass is 10.0. The minimum atomic E-state index is 0.919. The molecule has 4 heteroatoms. The molecule has 0 amide bonds. The van der Waals surface area contributed by atoms with Crippen LogP contribution in [0.25, 0.3) is 11.6 Å². The van der Waals surface area contributed by atoms with Crippen LogP contribution in [0.2, 0.25) is 0 Å². The number of benzene rings is 1. The molecule has 0 radical (unpaired) electrons. The fourth-order valence-electron chi connectivity index (χ4n) is 2.52. The Kier molecular flexibility index (Phi) is 3.05. The smallest absolute Gasteiger partial charge is 0.0731 e. The van der Waals surface area contributed by atoms with Gasteiger partial charge in [-0.2, -0.15) is 0 Å². The Morgan fingerprint density at radius 3 is 2.50 bits per heavy atom. The summed E-state index contributed by atoms with van der Waals surface area (Å²) in [5.74, 6) is 0. The van der Waals surface area contributed by atoms with Crippen molar-refractivity contribution in [2.24, 2.45) is 9.98 Å². The summed E-state index contributed by atoms with van der Waals surface area (Å²) in [5, 5.41) is 0. The summed E-state index contributed by atoms with van der Waals surface area (Å²) in [6.07, 6.45) is 9.60. The van der Waals surface area contributed by atoms with Crippen LogP contribution in [0.3, 0.4) is 0 Å². The molecule has 0 saturated carbocycles. The number of hydrogen-bond acceptors (Lipinski definition) is 2. The molecule has 1 aromatic carbocycles. The molecule has 1 aliphatic rings. The van der Waals surface area contributed by atoms with Gasteiger partial charge in [0.1, 0.15) is 0 Å². The molecule has 0 spiro atoms. The first-order valence-corrected chi connectivity index (χ1v) is 7.10. The first kappa shape index (κ1) is 12.6. The van der Waals surface area contributed by atoms with Crippen LogP contribution in [0.15, 0.2) is 64.8 Å². The highest BCUT2D eigenvalue weighted by Gasteiger charge is 2.16. The lowest BCUT2D eigenvalue weighted by Gasteiger charge is -2.04. The SMILES string of the molecule is C1=Nc2cccc(N=Cc3ccc[nH]3)c2C1=Cc1ccc[nH]1. The first-order chi connectivity index (χ1) is 10.9. The average Bonchev–Trinajstić information content (AvgIpc) is 3.28. The zero-order valence-corrected chi connectivity index (χ0v) is 11.8. The highest BCUT2D eigenvalue weighted by Crippen LogP contribution is 2.39. The van der Waals surface area contributed by atoms with E-state index in [9.17, 15) is 0 Å². The molecule has 3 aromatic rings. The number of nitrogens with zero attached hydrogens (tertiary/aromatic N) is 2. The molecule has 2 aromatic heterocycles. The summed E-state index contributed by atoms with van der Waals surface area (Å²) >= 11 is 0. The van der Waals surface area contributed by atoms with E-state index >= 15 is 0 Å². The predicted octanol–water partition coefficient (Wildman–Crippen LogP) is 4.35. The van der Waals surface area contributed by atoms with E-state index in [0.29, 0.717) is 0 Å². The van der Waals surface area contributed by atoms with E-state index in [1.807, 2.05) is 67.3 Å². The van der Waals surface area contributed by atoms with Crippen molar-refractivity contribution in [3.8, 4) is 0 Å². The van der Waals surface area contributed by atoms with Crippen molar-refractivity contribution in [1.82, 2.24) is 9.97 Å². The third-order valence-electron chi connectivity index (χ3n) is 3.55. The number of allylic oxidation sites excluding steroid dienone is 1. The van der Waals surface area contributed by atoms with Gasteiger partial charge in [0.2, 0.25) is 0 Å². The third-order valence-corrected chi connectivity index (χ3v) is 3.55. The molecule has 0 atom stereocenters. The quantitative estimate of drug-likeness (QED) is 0.673. The van der Waals surface area contributed by atoms with Crippen LogP contribution in [0.5, 0.6) is 0 Å². The minimum Gasteiger partial charge on any atom is -0.362 e. The van der Waals surface area contributed by atoms with Crippen LogP contribution in [0.4, 0.5) is 11.4 Å². The van der Waals surface area contributed by atoms with Crippen LogP contribution in [0.1, 0.15) is 17.0 Å². The molecule has 0 fully saturated rings. The fraction of sp³-hybridized carbons (Fsp3) is 0. The Balaban J connectivity index is 1.76. The van der Waals surface area contributed by atoms with Crippen molar-refractivity contribution in [2.75, 3.05) is 0 Å². The molecule has 4 nitrogen and oxygen atoms in total. The van der Waals surface area contributed by atoms with Gasteiger partial charge in [-0.05, 0) is 42.5 Å². The molecule has 0 saturated heterocycles. The van der Waals surface area contributed by atoms with Crippen LogP contribution in [-0.2, 0) is 0 Å². The van der Waals surface area contributed by atoms with Gasteiger partial charge in [-0.15, -0.1) is 0 Å². The first-order valence-electron chi connectivity index (χ1n) is 7.10. The van der Waals surface area contributed by atoms with Crippen molar-refractivity contribution in [3.63, 3.8) is 0 Å². The molecular formula is C18H14N4. The van der Waals surface area contributed by atoms with E-state index in [4.69, 9.17) is 0 Å². The molecule has 0 aliphatic carbocycles. The summed E-state index contributed by atoms with van der Waals surface area (Å²) in [6.45, 7) is 0. The van der Waals surface area contributed by atoms with Crippen LogP contribution < -0.4 is 0 Å². The van der Waals surface area contributed by atoms with E-state index in [2.05, 4.69) is 26.0 Å². The maximum atomic E-state index is 4.61. The predicted molar refractivity (Wildman–Crippen MR) is 91.3 cm³/mol. The van der Waals surface area contributed by atoms with Gasteiger partial charge < -0.3 is 9.97 Å². The molecule has 106 valence electrons. The fourth-order valence-corrected chi connectivity index (χ4v) is 2.52. The van der Waals surface area contributed by atoms with Gasteiger partial charge in [-0.1, -0.05) is 6.07 Å². The lowest BCUT2D eigenvalue weighted by Crippen LogP contribution is -1.84. The van der Waals surface area contributed by atoms with Gasteiger partial charge in [0.15, 0.2) is 0 Å². The number of aromatic amines is 2.